The van der Waals surface area contributed by atoms with Crippen molar-refractivity contribution in [2.75, 3.05) is 31.1 Å². The van der Waals surface area contributed by atoms with Crippen LogP contribution in [-0.4, -0.2) is 52.5 Å². The molecule has 2 aromatic heterocycles. The molecule has 0 saturated carbocycles. The molecule has 1 fully saturated rings. The maximum absolute atomic E-state index is 12.8. The number of hydrogen-bond donors (Lipinski definition) is 1. The van der Waals surface area contributed by atoms with Crippen molar-refractivity contribution in [3.05, 3.63) is 53.8 Å². The van der Waals surface area contributed by atoms with Gasteiger partial charge in [-0.25, -0.2) is 4.98 Å². The Balaban J connectivity index is 1.62. The van der Waals surface area contributed by atoms with Crippen molar-refractivity contribution in [2.24, 2.45) is 0 Å². The van der Waals surface area contributed by atoms with Gasteiger partial charge in [0.2, 0.25) is 0 Å². The fraction of sp³-hybridized carbons (Fsp3) is 0.364. The first kappa shape index (κ1) is 19.9. The Kier molecular flexibility index (Phi) is 5.39. The number of piperidine rings is 1. The topological polar surface area (TPSA) is 91.5 Å². The quantitative estimate of drug-likeness (QED) is 0.790. The number of carbonyl (C=O) groups excluding carboxylic acids is 2. The third-order valence-corrected chi connectivity index (χ3v) is 5.39. The average Bonchev–Trinajstić information content (AvgIpc) is 2.77. The molecule has 30 heavy (non-hydrogen) atoms. The molecule has 0 bridgehead atoms. The van der Waals surface area contributed by atoms with Crippen molar-refractivity contribution in [3.63, 3.8) is 0 Å². The minimum absolute atomic E-state index is 0.0155. The highest BCUT2D eigenvalue weighted by Crippen LogP contribution is 2.35. The lowest BCUT2D eigenvalue weighted by atomic mass is 10.1. The number of amides is 1. The lowest BCUT2D eigenvalue weighted by Crippen LogP contribution is -2.36. The standard InChI is InChI=1S/C22H25N5O3/c1-15(2)21(28)27-9-6-17(13-19(27)23)26-10-11-30-18-12-16(14-24-20(18)26)22(29)25-7-4-3-5-8-25/h6,9,12-14,23H,1,3-5,7-8,10-11H2,2H3. The Morgan fingerprint density at radius 2 is 1.93 bits per heavy atom. The van der Waals surface area contributed by atoms with Gasteiger partial charge in [-0.3, -0.25) is 19.6 Å². The second kappa shape index (κ2) is 8.14. The van der Waals surface area contributed by atoms with E-state index in [2.05, 4.69) is 11.6 Å². The van der Waals surface area contributed by atoms with Crippen molar-refractivity contribution < 1.29 is 14.3 Å². The zero-order chi connectivity index (χ0) is 21.3. The smallest absolute Gasteiger partial charge is 0.258 e. The number of allylic oxidation sites excluding steroid dienone is 1. The number of carbonyl (C=O) groups is 2. The predicted molar refractivity (Wildman–Crippen MR) is 112 cm³/mol. The second-order valence-electron chi connectivity index (χ2n) is 7.62. The van der Waals surface area contributed by atoms with E-state index in [0.717, 1.165) is 38.0 Å². The van der Waals surface area contributed by atoms with Crippen LogP contribution in [0.4, 0.5) is 11.5 Å². The van der Waals surface area contributed by atoms with Crippen LogP contribution < -0.4 is 15.1 Å². The highest BCUT2D eigenvalue weighted by molar-refractivity contribution is 5.95. The fourth-order valence-electron chi connectivity index (χ4n) is 3.79. The van der Waals surface area contributed by atoms with Gasteiger partial charge in [-0.1, -0.05) is 6.58 Å². The van der Waals surface area contributed by atoms with Crippen LogP contribution in [0.5, 0.6) is 5.75 Å². The lowest BCUT2D eigenvalue weighted by molar-refractivity contribution is 0.0723. The number of ether oxygens (including phenoxy) is 1. The summed E-state index contributed by atoms with van der Waals surface area (Å²) in [4.78, 5) is 33.2. The van der Waals surface area contributed by atoms with Crippen LogP contribution in [0, 0.1) is 5.41 Å². The van der Waals surface area contributed by atoms with E-state index in [-0.39, 0.29) is 17.3 Å². The van der Waals surface area contributed by atoms with Crippen molar-refractivity contribution >= 4 is 23.3 Å². The SMILES string of the molecule is C=C(C)C(=O)n1ccc(N2CCOc3cc(C(=O)N4CCCCC4)cnc32)cc1=N. The number of anilines is 2. The van der Waals surface area contributed by atoms with Gasteiger partial charge in [0.1, 0.15) is 12.1 Å². The molecule has 1 amide bonds. The third kappa shape index (κ3) is 3.72. The molecule has 1 N–H and O–H groups in total. The first-order valence-electron chi connectivity index (χ1n) is 10.1. The normalized spacial score (nSPS) is 15.9. The van der Waals surface area contributed by atoms with Crippen LogP contribution in [-0.2, 0) is 0 Å². The summed E-state index contributed by atoms with van der Waals surface area (Å²) in [6, 6.07) is 5.13. The van der Waals surface area contributed by atoms with Gasteiger partial charge in [-0.15, -0.1) is 0 Å². The Hall–Kier alpha value is -3.42. The molecule has 8 nitrogen and oxygen atoms in total. The van der Waals surface area contributed by atoms with Gasteiger partial charge in [-0.05, 0) is 38.3 Å². The third-order valence-electron chi connectivity index (χ3n) is 5.39. The number of pyridine rings is 2. The first-order valence-corrected chi connectivity index (χ1v) is 10.1. The maximum Gasteiger partial charge on any atom is 0.258 e. The molecule has 0 radical (unpaired) electrons. The zero-order valence-electron chi connectivity index (χ0n) is 17.1. The van der Waals surface area contributed by atoms with Crippen LogP contribution in [0.25, 0.3) is 0 Å². The largest absolute Gasteiger partial charge is 0.488 e. The summed E-state index contributed by atoms with van der Waals surface area (Å²) in [5.41, 5.74) is 1.69. The first-order chi connectivity index (χ1) is 14.5. The van der Waals surface area contributed by atoms with Gasteiger partial charge in [0.05, 0.1) is 12.1 Å². The van der Waals surface area contributed by atoms with Crippen LogP contribution in [0.1, 0.15) is 41.3 Å². The van der Waals surface area contributed by atoms with E-state index < -0.39 is 0 Å². The number of aromatic nitrogens is 2. The molecule has 0 aromatic carbocycles. The number of rotatable bonds is 3. The molecule has 0 spiro atoms. The van der Waals surface area contributed by atoms with E-state index >= 15 is 0 Å². The summed E-state index contributed by atoms with van der Waals surface area (Å²) in [5, 5.41) is 8.21. The van der Waals surface area contributed by atoms with Gasteiger partial charge in [0.25, 0.3) is 11.8 Å². The molecule has 156 valence electrons. The number of fused-ring (bicyclic) bond motifs is 1. The van der Waals surface area contributed by atoms with Crippen molar-refractivity contribution in [2.45, 2.75) is 26.2 Å². The van der Waals surface area contributed by atoms with Gasteiger partial charge in [0, 0.05) is 42.8 Å². The summed E-state index contributed by atoms with van der Waals surface area (Å²) in [7, 11) is 0. The summed E-state index contributed by atoms with van der Waals surface area (Å²) in [6.45, 7) is 7.81. The molecule has 2 aromatic rings. The van der Waals surface area contributed by atoms with Crippen LogP contribution in [0.2, 0.25) is 0 Å². The summed E-state index contributed by atoms with van der Waals surface area (Å²) in [6.07, 6.45) is 6.39. The van der Waals surface area contributed by atoms with E-state index in [0.29, 0.717) is 35.9 Å². The minimum atomic E-state index is -0.312. The van der Waals surface area contributed by atoms with Crippen molar-refractivity contribution in [3.8, 4) is 5.75 Å². The molecule has 2 aliphatic heterocycles. The highest BCUT2D eigenvalue weighted by Gasteiger charge is 2.25. The number of hydrogen-bond acceptors (Lipinski definition) is 6. The molecule has 2 aliphatic rings. The van der Waals surface area contributed by atoms with E-state index in [4.69, 9.17) is 10.1 Å². The summed E-state index contributed by atoms with van der Waals surface area (Å²) in [5.74, 6) is 0.816. The number of likely N-dealkylation sites (tertiary alicyclic amines) is 1. The number of nitrogens with one attached hydrogen (secondary N) is 1. The monoisotopic (exact) mass is 407 g/mol. The van der Waals surface area contributed by atoms with Crippen LogP contribution in [0.3, 0.4) is 0 Å². The molecule has 4 rings (SSSR count). The summed E-state index contributed by atoms with van der Waals surface area (Å²) < 4.78 is 7.04. The van der Waals surface area contributed by atoms with E-state index in [1.54, 1.807) is 37.5 Å². The van der Waals surface area contributed by atoms with Gasteiger partial charge < -0.3 is 14.5 Å². The molecule has 4 heterocycles. The molecular weight excluding hydrogens is 382 g/mol. The predicted octanol–water partition coefficient (Wildman–Crippen LogP) is 2.74. The maximum atomic E-state index is 12.8. The van der Waals surface area contributed by atoms with E-state index in [1.807, 2.05) is 9.80 Å². The average molecular weight is 407 g/mol. The van der Waals surface area contributed by atoms with Gasteiger partial charge in [0.15, 0.2) is 11.6 Å². The van der Waals surface area contributed by atoms with Crippen molar-refractivity contribution in [1.29, 1.82) is 5.41 Å². The highest BCUT2D eigenvalue weighted by atomic mass is 16.5. The minimum Gasteiger partial charge on any atom is -0.488 e. The van der Waals surface area contributed by atoms with Crippen LogP contribution in [0.15, 0.2) is 42.7 Å². The molecule has 0 atom stereocenters. The van der Waals surface area contributed by atoms with E-state index in [1.165, 1.54) is 4.57 Å². The molecule has 0 aliphatic carbocycles. The Morgan fingerprint density at radius 1 is 1.17 bits per heavy atom. The van der Waals surface area contributed by atoms with E-state index in [9.17, 15) is 9.59 Å². The zero-order valence-corrected chi connectivity index (χ0v) is 17.1. The molecule has 0 unspecified atom stereocenters. The summed E-state index contributed by atoms with van der Waals surface area (Å²) >= 11 is 0. The molecular formula is C22H25N5O3. The molecule has 1 saturated heterocycles. The van der Waals surface area contributed by atoms with Crippen LogP contribution >= 0.6 is 0 Å². The Labute approximate surface area is 174 Å². The fourth-order valence-corrected chi connectivity index (χ4v) is 3.79. The second-order valence-corrected chi connectivity index (χ2v) is 7.62. The van der Waals surface area contributed by atoms with Gasteiger partial charge in [-0.2, -0.15) is 0 Å². The lowest BCUT2D eigenvalue weighted by Gasteiger charge is -2.31. The number of nitrogens with zero attached hydrogens (tertiary/aromatic N) is 4. The van der Waals surface area contributed by atoms with Gasteiger partial charge >= 0.3 is 0 Å². The molecule has 8 heteroatoms. The Morgan fingerprint density at radius 3 is 2.63 bits per heavy atom. The van der Waals surface area contributed by atoms with Crippen molar-refractivity contribution in [1.82, 2.24) is 14.5 Å². The Bertz CT molecular complexity index is 1070.